The Kier molecular flexibility index (Phi) is 14.9. The van der Waals surface area contributed by atoms with Gasteiger partial charge in [0.1, 0.15) is 0 Å². The Morgan fingerprint density at radius 2 is 0.761 bits per heavy atom. The highest BCUT2D eigenvalue weighted by atomic mass is 16.2. The lowest BCUT2D eigenvalue weighted by molar-refractivity contribution is 0.406. The second kappa shape index (κ2) is 19.1. The van der Waals surface area contributed by atoms with E-state index in [2.05, 4.69) is 25.5 Å². The zero-order valence-electron chi connectivity index (χ0n) is 29.3. The van der Waals surface area contributed by atoms with E-state index in [9.17, 15) is 14.4 Å². The van der Waals surface area contributed by atoms with Crippen LogP contribution in [0.15, 0.2) is 38.6 Å². The molecule has 4 aromatic rings. The van der Waals surface area contributed by atoms with Crippen molar-refractivity contribution in [2.24, 2.45) is 0 Å². The first-order valence-corrected chi connectivity index (χ1v) is 19.1. The van der Waals surface area contributed by atoms with Crippen LogP contribution in [-0.4, -0.2) is 13.9 Å². The topological polar surface area (TPSA) is 66.0 Å². The van der Waals surface area contributed by atoms with Crippen LogP contribution < -0.4 is 16.7 Å². The van der Waals surface area contributed by atoms with Crippen molar-refractivity contribution in [2.75, 3.05) is 0 Å². The van der Waals surface area contributed by atoms with Gasteiger partial charge in [-0.1, -0.05) is 136 Å². The van der Waals surface area contributed by atoms with E-state index in [4.69, 9.17) is 0 Å². The Bertz CT molecular complexity index is 1630. The molecule has 2 aromatic heterocycles. The Morgan fingerprint density at radius 3 is 1.24 bits per heavy atom. The zero-order valence-corrected chi connectivity index (χ0v) is 29.3. The van der Waals surface area contributed by atoms with Crippen molar-refractivity contribution in [3.05, 3.63) is 55.3 Å². The molecule has 0 saturated heterocycles. The lowest BCUT2D eigenvalue weighted by Gasteiger charge is -2.22. The fraction of sp³-hybridized carbons (Fsp3) is 0.675. The van der Waals surface area contributed by atoms with E-state index in [1.807, 2.05) is 22.9 Å². The van der Waals surface area contributed by atoms with Gasteiger partial charge in [-0.05, 0) is 43.5 Å². The van der Waals surface area contributed by atoms with Crippen LogP contribution in [0.25, 0.3) is 32.4 Å². The zero-order chi connectivity index (χ0) is 32.7. The minimum Gasteiger partial charge on any atom is -0.282 e. The fourth-order valence-electron chi connectivity index (χ4n) is 7.32. The number of benzene rings is 2. The van der Waals surface area contributed by atoms with Gasteiger partial charge in [-0.15, -0.1) is 0 Å². The number of hydrogen-bond donors (Lipinski definition) is 0. The first-order chi connectivity index (χ1) is 22.5. The summed E-state index contributed by atoms with van der Waals surface area (Å²) in [5, 5.41) is 3.20. The predicted octanol–water partition coefficient (Wildman–Crippen LogP) is 10.3. The van der Waals surface area contributed by atoms with Gasteiger partial charge >= 0.3 is 0 Å². The quantitative estimate of drug-likeness (QED) is 0.0571. The summed E-state index contributed by atoms with van der Waals surface area (Å²) in [6.45, 7) is 8.62. The van der Waals surface area contributed by atoms with Gasteiger partial charge in [0.15, 0.2) is 0 Å². The summed E-state index contributed by atoms with van der Waals surface area (Å²) in [5.74, 6) is 0. The van der Waals surface area contributed by atoms with Crippen molar-refractivity contribution in [1.82, 2.24) is 13.9 Å². The van der Waals surface area contributed by atoms with Crippen LogP contribution >= 0.6 is 0 Å². The third-order valence-corrected chi connectivity index (χ3v) is 10.1. The van der Waals surface area contributed by atoms with Crippen LogP contribution in [0.3, 0.4) is 0 Å². The maximum Gasteiger partial charge on any atom is 0.273 e. The van der Waals surface area contributed by atoms with E-state index in [0.717, 1.165) is 62.4 Å². The lowest BCUT2D eigenvalue weighted by Crippen LogP contribution is -2.34. The molecule has 6 nitrogen and oxygen atoms in total. The average molecular weight is 632 g/mol. The largest absolute Gasteiger partial charge is 0.282 e. The van der Waals surface area contributed by atoms with Crippen LogP contribution in [0.5, 0.6) is 0 Å². The summed E-state index contributed by atoms with van der Waals surface area (Å²) >= 11 is 0. The predicted molar refractivity (Wildman–Crippen MR) is 197 cm³/mol. The van der Waals surface area contributed by atoms with Crippen LogP contribution in [0.1, 0.15) is 156 Å². The summed E-state index contributed by atoms with van der Waals surface area (Å²) in [6.07, 6.45) is 24.8. The minimum absolute atomic E-state index is 0.00414. The highest BCUT2D eigenvalue weighted by Gasteiger charge is 2.21. The first kappa shape index (κ1) is 36.0. The van der Waals surface area contributed by atoms with Gasteiger partial charge in [-0.2, -0.15) is 0 Å². The number of unbranched alkanes of at least 4 members (excludes halogenated alkanes) is 18. The Labute approximate surface area is 276 Å². The number of aryl methyl sites for hydroxylation is 1. The number of hydrogen-bond acceptors (Lipinski definition) is 3. The summed E-state index contributed by atoms with van der Waals surface area (Å²) < 4.78 is 5.59. The second-order valence-corrected chi connectivity index (χ2v) is 13.7. The molecular formula is C40H61N3O3. The molecule has 0 radical (unpaired) electrons. The van der Waals surface area contributed by atoms with Crippen molar-refractivity contribution < 1.29 is 0 Å². The lowest BCUT2D eigenvalue weighted by atomic mass is 9.98. The number of rotatable bonds is 24. The van der Waals surface area contributed by atoms with Gasteiger partial charge in [0.05, 0.1) is 10.9 Å². The molecule has 2 aromatic carbocycles. The van der Waals surface area contributed by atoms with E-state index >= 15 is 0 Å². The van der Waals surface area contributed by atoms with E-state index < -0.39 is 0 Å². The molecule has 0 atom stereocenters. The molecule has 0 saturated carbocycles. The molecule has 0 aliphatic rings. The molecule has 0 N–H and O–H groups in total. The molecule has 0 aliphatic carbocycles. The minimum atomic E-state index is -0.219. The van der Waals surface area contributed by atoms with Gasteiger partial charge in [0, 0.05) is 41.2 Å². The summed E-state index contributed by atoms with van der Waals surface area (Å²) in [6, 6.07) is 7.59. The van der Waals surface area contributed by atoms with Crippen LogP contribution in [0, 0.1) is 0 Å². The highest BCUT2D eigenvalue weighted by Crippen LogP contribution is 2.31. The summed E-state index contributed by atoms with van der Waals surface area (Å²) in [5.41, 5.74) is 0.522. The Balaban J connectivity index is 1.65. The monoisotopic (exact) mass is 631 g/mol. The average Bonchev–Trinajstić information content (AvgIpc) is 3.06. The maximum atomic E-state index is 14.2. The van der Waals surface area contributed by atoms with Crippen molar-refractivity contribution in [2.45, 2.75) is 175 Å². The molecule has 46 heavy (non-hydrogen) atoms. The molecule has 6 heteroatoms. The third kappa shape index (κ3) is 8.92. The highest BCUT2D eigenvalue weighted by molar-refractivity contribution is 6.21. The molecule has 0 bridgehead atoms. The Hall–Kier alpha value is -2.89. The van der Waals surface area contributed by atoms with E-state index in [1.165, 1.54) is 94.5 Å². The van der Waals surface area contributed by atoms with Crippen molar-refractivity contribution in [1.29, 1.82) is 0 Å². The summed E-state index contributed by atoms with van der Waals surface area (Å²) in [7, 11) is 0. The van der Waals surface area contributed by atoms with Crippen molar-refractivity contribution in [3.63, 3.8) is 0 Å². The fourth-order valence-corrected chi connectivity index (χ4v) is 7.32. The van der Waals surface area contributed by atoms with Gasteiger partial charge in [-0.3, -0.25) is 23.6 Å². The van der Waals surface area contributed by atoms with Crippen LogP contribution in [0.2, 0.25) is 0 Å². The van der Waals surface area contributed by atoms with Gasteiger partial charge < -0.3 is 0 Å². The molecule has 0 amide bonds. The summed E-state index contributed by atoms with van der Waals surface area (Å²) in [4.78, 5) is 41.7. The Morgan fingerprint density at radius 1 is 0.391 bits per heavy atom. The van der Waals surface area contributed by atoms with Crippen LogP contribution in [-0.2, 0) is 19.6 Å². The molecule has 0 aliphatic heterocycles. The molecular weight excluding hydrogens is 570 g/mol. The molecule has 0 fully saturated rings. The van der Waals surface area contributed by atoms with Gasteiger partial charge in [-0.25, -0.2) is 4.68 Å². The second-order valence-electron chi connectivity index (χ2n) is 13.7. The van der Waals surface area contributed by atoms with Gasteiger partial charge in [0.2, 0.25) is 0 Å². The number of nitrogens with zero attached hydrogens (tertiary/aromatic N) is 3. The molecule has 2 heterocycles. The maximum absolute atomic E-state index is 14.2. The van der Waals surface area contributed by atoms with Crippen molar-refractivity contribution in [3.8, 4) is 0 Å². The normalized spacial score (nSPS) is 12.0. The molecule has 0 spiro atoms. The third-order valence-electron chi connectivity index (χ3n) is 10.1. The van der Waals surface area contributed by atoms with Gasteiger partial charge in [0.25, 0.3) is 16.7 Å². The van der Waals surface area contributed by atoms with Crippen molar-refractivity contribution >= 4 is 32.4 Å². The SMILES string of the molecule is CCCCCCCCCn1c(=O)c2ccc3c(=O)n(CCCCCCCCC)n(CCCCCCCCC)c4ccc(c1=O)c2c34. The van der Waals surface area contributed by atoms with E-state index in [-0.39, 0.29) is 16.7 Å². The van der Waals surface area contributed by atoms with Crippen LogP contribution in [0.4, 0.5) is 0 Å². The standard InChI is InChI=1S/C40H61N3O3/c1-4-7-10-13-16-19-22-29-41-38(44)32-25-26-34-37-35(28-27-33(36(32)37)39(41)45)42(30-23-20-17-14-11-8-5-2)43(40(34)46)31-24-21-18-15-12-9-6-3/h25-28H,4-24,29-31H2,1-3H3. The number of pyridine rings is 1. The van der Waals surface area contributed by atoms with E-state index in [0.29, 0.717) is 34.6 Å². The molecule has 4 rings (SSSR count). The molecule has 254 valence electrons. The number of aromatic nitrogens is 3. The van der Waals surface area contributed by atoms with E-state index in [1.54, 1.807) is 6.07 Å². The first-order valence-electron chi connectivity index (χ1n) is 19.1. The smallest absolute Gasteiger partial charge is 0.273 e. The molecule has 0 unspecified atom stereocenters.